The lowest BCUT2D eigenvalue weighted by Crippen LogP contribution is -2.29. The summed E-state index contributed by atoms with van der Waals surface area (Å²) in [4.78, 5) is 0. The first kappa shape index (κ1) is 16.1. The zero-order valence-corrected chi connectivity index (χ0v) is 12.5. The molecule has 0 aromatic heterocycles. The molecule has 1 aromatic rings. The first-order chi connectivity index (χ1) is 8.25. The fourth-order valence-electron chi connectivity index (χ4n) is 2.02. The van der Waals surface area contributed by atoms with Gasteiger partial charge >= 0.3 is 0 Å². The number of halogens is 3. The molecular weight excluding hydrogens is 293 g/mol. The Hall–Kier alpha value is 0.01000. The Morgan fingerprint density at radius 3 is 2.56 bits per heavy atom. The van der Waals surface area contributed by atoms with Gasteiger partial charge in [-0.25, -0.2) is 0 Å². The molecule has 0 unspecified atom stereocenters. The number of piperidine rings is 1. The second kappa shape index (κ2) is 8.23. The Balaban J connectivity index is 0.00000162. The monoisotopic (exact) mass is 309 g/mol. The van der Waals surface area contributed by atoms with Crippen LogP contribution in [0.3, 0.4) is 0 Å². The lowest BCUT2D eigenvalue weighted by atomic mass is 9.99. The van der Waals surface area contributed by atoms with Gasteiger partial charge in [0.1, 0.15) is 0 Å². The highest BCUT2D eigenvalue weighted by atomic mass is 35.5. The third kappa shape index (κ3) is 4.94. The van der Waals surface area contributed by atoms with Gasteiger partial charge in [-0.2, -0.15) is 0 Å². The molecule has 102 valence electrons. The Labute approximate surface area is 124 Å². The summed E-state index contributed by atoms with van der Waals surface area (Å²) in [5.74, 6) is 0.694. The average molecular weight is 311 g/mol. The topological polar surface area (TPSA) is 21.3 Å². The van der Waals surface area contributed by atoms with Gasteiger partial charge < -0.3 is 10.1 Å². The van der Waals surface area contributed by atoms with E-state index in [0.29, 0.717) is 22.6 Å². The van der Waals surface area contributed by atoms with Crippen LogP contribution in [0.15, 0.2) is 18.2 Å². The zero-order chi connectivity index (χ0) is 12.1. The van der Waals surface area contributed by atoms with Crippen molar-refractivity contribution in [1.29, 1.82) is 0 Å². The third-order valence-electron chi connectivity index (χ3n) is 3.07. The number of hydrogen-bond acceptors (Lipinski definition) is 2. The Morgan fingerprint density at radius 2 is 1.89 bits per heavy atom. The molecule has 1 saturated heterocycles. The molecule has 0 atom stereocenters. The number of rotatable bonds is 4. The van der Waals surface area contributed by atoms with Gasteiger partial charge in [-0.05, 0) is 49.5 Å². The molecule has 18 heavy (non-hydrogen) atoms. The number of ether oxygens (including phenoxy) is 1. The number of hydrogen-bond donors (Lipinski definition) is 1. The van der Waals surface area contributed by atoms with E-state index in [1.54, 1.807) is 0 Å². The summed E-state index contributed by atoms with van der Waals surface area (Å²) in [6.07, 6.45) is 2.42. The van der Waals surface area contributed by atoms with E-state index < -0.39 is 0 Å². The molecule has 5 heteroatoms. The van der Waals surface area contributed by atoms with Crippen LogP contribution >= 0.6 is 35.6 Å². The molecule has 2 rings (SSSR count). The number of nitrogens with one attached hydrogen (secondary N) is 1. The quantitative estimate of drug-likeness (QED) is 0.910. The maximum absolute atomic E-state index is 5.95. The minimum Gasteiger partial charge on any atom is -0.376 e. The van der Waals surface area contributed by atoms with Crippen molar-refractivity contribution in [2.45, 2.75) is 19.4 Å². The second-order valence-electron chi connectivity index (χ2n) is 4.46. The zero-order valence-electron chi connectivity index (χ0n) is 10.1. The van der Waals surface area contributed by atoms with Crippen molar-refractivity contribution in [3.8, 4) is 0 Å². The molecule has 2 nitrogen and oxygen atoms in total. The highest BCUT2D eigenvalue weighted by Gasteiger charge is 2.12. The first-order valence-electron chi connectivity index (χ1n) is 5.98. The summed E-state index contributed by atoms with van der Waals surface area (Å²) in [6.45, 7) is 3.67. The maximum Gasteiger partial charge on any atom is 0.0717 e. The fraction of sp³-hybridized carbons (Fsp3) is 0.538. The van der Waals surface area contributed by atoms with Crippen LogP contribution in [0.1, 0.15) is 18.4 Å². The Kier molecular flexibility index (Phi) is 7.35. The number of benzene rings is 1. The van der Waals surface area contributed by atoms with Crippen molar-refractivity contribution in [2.75, 3.05) is 19.7 Å². The fourth-order valence-corrected chi connectivity index (χ4v) is 2.34. The van der Waals surface area contributed by atoms with E-state index in [2.05, 4.69) is 5.32 Å². The van der Waals surface area contributed by atoms with Gasteiger partial charge in [0.15, 0.2) is 0 Å². The highest BCUT2D eigenvalue weighted by molar-refractivity contribution is 6.42. The summed E-state index contributed by atoms with van der Waals surface area (Å²) in [5, 5.41) is 4.53. The van der Waals surface area contributed by atoms with Gasteiger partial charge in [-0.3, -0.25) is 0 Å². The van der Waals surface area contributed by atoms with E-state index in [9.17, 15) is 0 Å². The molecule has 1 aliphatic rings. The van der Waals surface area contributed by atoms with Gasteiger partial charge in [0.05, 0.1) is 16.7 Å². The highest BCUT2D eigenvalue weighted by Crippen LogP contribution is 2.23. The van der Waals surface area contributed by atoms with Gasteiger partial charge in [0, 0.05) is 6.61 Å². The van der Waals surface area contributed by atoms with E-state index in [1.807, 2.05) is 18.2 Å². The predicted molar refractivity (Wildman–Crippen MR) is 79.0 cm³/mol. The lowest BCUT2D eigenvalue weighted by Gasteiger charge is -2.22. The maximum atomic E-state index is 5.95. The molecule has 0 amide bonds. The van der Waals surface area contributed by atoms with Crippen molar-refractivity contribution in [3.63, 3.8) is 0 Å². The molecule has 1 fully saturated rings. The molecule has 1 aliphatic heterocycles. The second-order valence-corrected chi connectivity index (χ2v) is 5.27. The van der Waals surface area contributed by atoms with Gasteiger partial charge in [0.2, 0.25) is 0 Å². The summed E-state index contributed by atoms with van der Waals surface area (Å²) in [5.41, 5.74) is 1.08. The minimum atomic E-state index is 0. The van der Waals surface area contributed by atoms with Crippen LogP contribution in [0.4, 0.5) is 0 Å². The van der Waals surface area contributed by atoms with Gasteiger partial charge in [-0.15, -0.1) is 12.4 Å². The van der Waals surface area contributed by atoms with Crippen molar-refractivity contribution >= 4 is 35.6 Å². The molecule has 1 heterocycles. The normalized spacial score (nSPS) is 16.3. The molecule has 1 aromatic carbocycles. The van der Waals surface area contributed by atoms with E-state index in [-0.39, 0.29) is 12.4 Å². The van der Waals surface area contributed by atoms with Crippen molar-refractivity contribution in [1.82, 2.24) is 5.32 Å². The van der Waals surface area contributed by atoms with Crippen LogP contribution < -0.4 is 5.32 Å². The lowest BCUT2D eigenvalue weighted by molar-refractivity contribution is 0.0763. The molecule has 0 saturated carbocycles. The molecular formula is C13H18Cl3NO. The van der Waals surface area contributed by atoms with E-state index in [4.69, 9.17) is 27.9 Å². The largest absolute Gasteiger partial charge is 0.376 e. The van der Waals surface area contributed by atoms with Crippen molar-refractivity contribution in [2.24, 2.45) is 5.92 Å². The summed E-state index contributed by atoms with van der Waals surface area (Å²) < 4.78 is 5.72. The minimum absolute atomic E-state index is 0. The molecule has 1 N–H and O–H groups in total. The standard InChI is InChI=1S/C13H17Cl2NO.ClH/c14-12-2-1-11(7-13(12)15)9-17-8-10-3-5-16-6-4-10;/h1-2,7,10,16H,3-6,8-9H2;1H. The van der Waals surface area contributed by atoms with Crippen LogP contribution in [0.5, 0.6) is 0 Å². The van der Waals surface area contributed by atoms with E-state index in [1.165, 1.54) is 12.8 Å². The SMILES string of the molecule is Cl.Clc1ccc(COCC2CCNCC2)cc1Cl. The van der Waals surface area contributed by atoms with Crippen molar-refractivity contribution in [3.05, 3.63) is 33.8 Å². The van der Waals surface area contributed by atoms with Crippen LogP contribution in [0.25, 0.3) is 0 Å². The van der Waals surface area contributed by atoms with Crippen LogP contribution in [-0.4, -0.2) is 19.7 Å². The van der Waals surface area contributed by atoms with Gasteiger partial charge in [-0.1, -0.05) is 29.3 Å². The van der Waals surface area contributed by atoms with Crippen LogP contribution in [0.2, 0.25) is 10.0 Å². The average Bonchev–Trinajstić information content (AvgIpc) is 2.35. The van der Waals surface area contributed by atoms with E-state index in [0.717, 1.165) is 25.3 Å². The predicted octanol–water partition coefficient (Wildman–Crippen LogP) is 3.93. The molecule has 0 spiro atoms. The summed E-state index contributed by atoms with van der Waals surface area (Å²) >= 11 is 11.8. The summed E-state index contributed by atoms with van der Waals surface area (Å²) in [6, 6.07) is 5.63. The van der Waals surface area contributed by atoms with Crippen LogP contribution in [0, 0.1) is 5.92 Å². The third-order valence-corrected chi connectivity index (χ3v) is 3.80. The Morgan fingerprint density at radius 1 is 1.17 bits per heavy atom. The van der Waals surface area contributed by atoms with E-state index >= 15 is 0 Å². The smallest absolute Gasteiger partial charge is 0.0717 e. The van der Waals surface area contributed by atoms with Gasteiger partial charge in [0.25, 0.3) is 0 Å². The summed E-state index contributed by atoms with van der Waals surface area (Å²) in [7, 11) is 0. The molecule has 0 aliphatic carbocycles. The Bertz CT molecular complexity index is 367. The van der Waals surface area contributed by atoms with Crippen LogP contribution in [-0.2, 0) is 11.3 Å². The molecule has 0 bridgehead atoms. The van der Waals surface area contributed by atoms with Crippen molar-refractivity contribution < 1.29 is 4.74 Å². The molecule has 0 radical (unpaired) electrons. The first-order valence-corrected chi connectivity index (χ1v) is 6.73.